The molecular weight excluding hydrogens is 293 g/mol. The Morgan fingerprint density at radius 1 is 1.43 bits per heavy atom. The molecule has 0 saturated carbocycles. The highest BCUT2D eigenvalue weighted by atomic mass is 19.1. The third-order valence-corrected chi connectivity index (χ3v) is 2.95. The molecular formula is C18H24FN3O. The maximum absolute atomic E-state index is 12.9. The normalized spacial score (nSPS) is 14.0. The van der Waals surface area contributed by atoms with E-state index in [1.54, 1.807) is 31.2 Å². The molecule has 4 nitrogen and oxygen atoms in total. The highest BCUT2D eigenvalue weighted by Gasteiger charge is 2.22. The summed E-state index contributed by atoms with van der Waals surface area (Å²) >= 11 is 0. The van der Waals surface area contributed by atoms with Crippen LogP contribution in [-0.2, 0) is 11.2 Å². The molecule has 2 N–H and O–H groups in total. The quantitative estimate of drug-likeness (QED) is 0.493. The van der Waals surface area contributed by atoms with E-state index >= 15 is 0 Å². The first-order valence-electron chi connectivity index (χ1n) is 7.30. The summed E-state index contributed by atoms with van der Waals surface area (Å²) in [5.74, 6) is -0.0201. The van der Waals surface area contributed by atoms with E-state index < -0.39 is 5.54 Å². The Balaban J connectivity index is 0.00000232. The summed E-state index contributed by atoms with van der Waals surface area (Å²) in [7, 11) is 1.46. The van der Waals surface area contributed by atoms with Gasteiger partial charge in [-0.3, -0.25) is 0 Å². The minimum absolute atomic E-state index is 0.271. The van der Waals surface area contributed by atoms with Gasteiger partial charge >= 0.3 is 0 Å². The molecule has 1 atom stereocenters. The zero-order valence-corrected chi connectivity index (χ0v) is 14.1. The molecule has 1 rings (SSSR count). The summed E-state index contributed by atoms with van der Waals surface area (Å²) < 4.78 is 17.9. The summed E-state index contributed by atoms with van der Waals surface area (Å²) in [5, 5.41) is 9.17. The maximum Gasteiger partial charge on any atom is 0.212 e. The number of hydrogen-bond donors (Lipinski definition) is 1. The van der Waals surface area contributed by atoms with Gasteiger partial charge in [-0.05, 0) is 43.3 Å². The molecule has 1 aromatic carbocycles. The van der Waals surface area contributed by atoms with Crippen molar-refractivity contribution in [2.75, 3.05) is 7.11 Å². The van der Waals surface area contributed by atoms with Crippen LogP contribution in [0.15, 0.2) is 52.9 Å². The van der Waals surface area contributed by atoms with Crippen molar-refractivity contribution in [2.24, 2.45) is 10.7 Å². The Morgan fingerprint density at radius 2 is 2.00 bits per heavy atom. The fourth-order valence-corrected chi connectivity index (χ4v) is 1.64. The van der Waals surface area contributed by atoms with Gasteiger partial charge in [-0.25, -0.2) is 9.38 Å². The number of nitrogens with two attached hydrogens (primary N) is 1. The zero-order valence-electron chi connectivity index (χ0n) is 14.1. The van der Waals surface area contributed by atoms with Gasteiger partial charge in [0.2, 0.25) is 5.88 Å². The number of benzene rings is 1. The Kier molecular flexibility index (Phi) is 9.21. The predicted molar refractivity (Wildman–Crippen MR) is 92.4 cm³/mol. The molecule has 0 amide bonds. The van der Waals surface area contributed by atoms with E-state index in [1.807, 2.05) is 19.9 Å². The van der Waals surface area contributed by atoms with Crippen LogP contribution in [0.2, 0.25) is 0 Å². The molecule has 0 spiro atoms. The Hall–Kier alpha value is -2.45. The number of rotatable bonds is 6. The number of allylic oxidation sites excluding steroid dienone is 1. The standard InChI is InChI=1S/C16H18FN3O.C2H6/c1-16(19,11-18)13(10-15(20-2)21-3)7-4-12-5-8-14(17)9-6-12;1-2/h5-10H,2,4,19H2,1,3H3;1-2H3/b13-7+,15-10+;. The van der Waals surface area contributed by atoms with E-state index in [0.717, 1.165) is 5.56 Å². The second kappa shape index (κ2) is 10.3. The molecule has 0 radical (unpaired) electrons. The van der Waals surface area contributed by atoms with Crippen molar-refractivity contribution >= 4 is 6.72 Å². The van der Waals surface area contributed by atoms with Gasteiger partial charge in [0, 0.05) is 6.08 Å². The lowest BCUT2D eigenvalue weighted by molar-refractivity contribution is 0.288. The van der Waals surface area contributed by atoms with Crippen molar-refractivity contribution in [2.45, 2.75) is 32.7 Å². The lowest BCUT2D eigenvalue weighted by Crippen LogP contribution is -2.36. The number of methoxy groups -OCH3 is 1. The highest BCUT2D eigenvalue weighted by molar-refractivity contribution is 5.40. The van der Waals surface area contributed by atoms with Crippen LogP contribution in [0.4, 0.5) is 4.39 Å². The number of aliphatic imine (C=N–C) groups is 1. The SMILES string of the molecule is C=N/C(=C\C(=C/Cc1ccc(F)cc1)C(C)(N)C#N)OC.CC. The van der Waals surface area contributed by atoms with Crippen LogP contribution in [0, 0.1) is 17.1 Å². The van der Waals surface area contributed by atoms with Gasteiger partial charge in [0.25, 0.3) is 0 Å². The number of ether oxygens (including phenoxy) is 1. The van der Waals surface area contributed by atoms with Gasteiger partial charge in [0.15, 0.2) is 0 Å². The van der Waals surface area contributed by atoms with Crippen LogP contribution in [0.5, 0.6) is 0 Å². The second-order valence-corrected chi connectivity index (χ2v) is 4.65. The van der Waals surface area contributed by atoms with Crippen molar-refractivity contribution in [1.29, 1.82) is 5.26 Å². The van der Waals surface area contributed by atoms with Gasteiger partial charge < -0.3 is 10.5 Å². The zero-order chi connectivity index (χ0) is 17.9. The molecule has 0 heterocycles. The molecule has 5 heteroatoms. The molecule has 0 aliphatic carbocycles. The molecule has 0 aliphatic rings. The highest BCUT2D eigenvalue weighted by Crippen LogP contribution is 2.18. The van der Waals surface area contributed by atoms with Crippen molar-refractivity contribution < 1.29 is 9.13 Å². The molecule has 23 heavy (non-hydrogen) atoms. The maximum atomic E-state index is 12.9. The topological polar surface area (TPSA) is 71.4 Å². The minimum atomic E-state index is -1.19. The van der Waals surface area contributed by atoms with E-state index in [1.165, 1.54) is 19.2 Å². The lowest BCUT2D eigenvalue weighted by atomic mass is 9.92. The fraction of sp³-hybridized carbons (Fsp3) is 0.333. The lowest BCUT2D eigenvalue weighted by Gasteiger charge is -2.18. The Bertz CT molecular complexity index is 596. The van der Waals surface area contributed by atoms with Crippen LogP contribution in [0.3, 0.4) is 0 Å². The van der Waals surface area contributed by atoms with Crippen LogP contribution in [-0.4, -0.2) is 19.4 Å². The first kappa shape index (κ1) is 20.6. The summed E-state index contributed by atoms with van der Waals surface area (Å²) in [5.41, 5.74) is 6.23. The van der Waals surface area contributed by atoms with Crippen LogP contribution in [0.1, 0.15) is 26.3 Å². The third-order valence-electron chi connectivity index (χ3n) is 2.95. The number of halogens is 1. The largest absolute Gasteiger partial charge is 0.481 e. The van der Waals surface area contributed by atoms with E-state index in [2.05, 4.69) is 11.7 Å². The van der Waals surface area contributed by atoms with Crippen LogP contribution < -0.4 is 5.73 Å². The first-order chi connectivity index (χ1) is 10.9. The van der Waals surface area contributed by atoms with Crippen LogP contribution in [0.25, 0.3) is 0 Å². The summed E-state index contributed by atoms with van der Waals surface area (Å²) in [6.45, 7) is 8.98. The van der Waals surface area contributed by atoms with Gasteiger partial charge in [-0.2, -0.15) is 5.26 Å². The minimum Gasteiger partial charge on any atom is -0.481 e. The molecule has 0 aliphatic heterocycles. The average molecular weight is 317 g/mol. The number of nitriles is 1. The molecule has 0 saturated heterocycles. The van der Waals surface area contributed by atoms with Gasteiger partial charge in [-0.15, -0.1) is 0 Å². The predicted octanol–water partition coefficient (Wildman–Crippen LogP) is 3.75. The van der Waals surface area contributed by atoms with Crippen molar-refractivity contribution in [3.8, 4) is 6.07 Å². The fourth-order valence-electron chi connectivity index (χ4n) is 1.64. The van der Waals surface area contributed by atoms with Crippen molar-refractivity contribution in [3.63, 3.8) is 0 Å². The molecule has 0 fully saturated rings. The van der Waals surface area contributed by atoms with Gasteiger partial charge in [0.1, 0.15) is 11.4 Å². The molecule has 124 valence electrons. The summed E-state index contributed by atoms with van der Waals surface area (Å²) in [6.07, 6.45) is 3.87. The molecule has 1 unspecified atom stereocenters. The molecule has 1 aromatic rings. The summed E-state index contributed by atoms with van der Waals surface area (Å²) in [4.78, 5) is 3.69. The average Bonchev–Trinajstić information content (AvgIpc) is 2.58. The smallest absolute Gasteiger partial charge is 0.212 e. The Morgan fingerprint density at radius 3 is 2.43 bits per heavy atom. The van der Waals surface area contributed by atoms with Crippen molar-refractivity contribution in [1.82, 2.24) is 0 Å². The van der Waals surface area contributed by atoms with E-state index in [0.29, 0.717) is 12.0 Å². The number of hydrogen-bond acceptors (Lipinski definition) is 4. The van der Waals surface area contributed by atoms with Crippen molar-refractivity contribution in [3.05, 3.63) is 59.3 Å². The van der Waals surface area contributed by atoms with E-state index in [4.69, 9.17) is 10.5 Å². The van der Waals surface area contributed by atoms with Gasteiger partial charge in [-0.1, -0.05) is 32.1 Å². The van der Waals surface area contributed by atoms with E-state index in [9.17, 15) is 9.65 Å². The summed E-state index contributed by atoms with van der Waals surface area (Å²) in [6, 6.07) is 8.15. The molecule has 0 aromatic heterocycles. The molecule has 0 bridgehead atoms. The van der Waals surface area contributed by atoms with Crippen LogP contribution >= 0.6 is 0 Å². The first-order valence-corrected chi connectivity index (χ1v) is 7.30. The Labute approximate surface area is 137 Å². The second-order valence-electron chi connectivity index (χ2n) is 4.65. The monoisotopic (exact) mass is 317 g/mol. The number of nitrogens with zero attached hydrogens (tertiary/aromatic N) is 2. The third kappa shape index (κ3) is 6.90. The van der Waals surface area contributed by atoms with Gasteiger partial charge in [0.05, 0.1) is 13.2 Å². The van der Waals surface area contributed by atoms with E-state index in [-0.39, 0.29) is 11.7 Å².